The topological polar surface area (TPSA) is 37.3 Å². The van der Waals surface area contributed by atoms with Gasteiger partial charge in [0.2, 0.25) is 0 Å². The highest BCUT2D eigenvalue weighted by atomic mass is 79.9. The number of aromatic nitrogens is 2. The minimum absolute atomic E-state index is 0.00851. The Labute approximate surface area is 112 Å². The predicted octanol–water partition coefficient (Wildman–Crippen LogP) is 2.98. The van der Waals surface area contributed by atoms with Gasteiger partial charge in [0.25, 0.3) is 5.56 Å². The fourth-order valence-corrected chi connectivity index (χ4v) is 2.26. The minimum Gasteiger partial charge on any atom is -0.343 e. The van der Waals surface area contributed by atoms with Crippen molar-refractivity contribution >= 4 is 21.6 Å². The minimum atomic E-state index is -0.00851. The molecular formula is C14H11BrN2O. The van der Waals surface area contributed by atoms with Gasteiger partial charge in [0.05, 0.1) is 0 Å². The van der Waals surface area contributed by atoms with Crippen LogP contribution in [-0.2, 0) is 6.42 Å². The van der Waals surface area contributed by atoms with E-state index in [1.165, 1.54) is 5.56 Å². The molecule has 1 aromatic carbocycles. The summed E-state index contributed by atoms with van der Waals surface area (Å²) in [6.45, 7) is 0. The molecule has 0 unspecified atom stereocenters. The Kier molecular flexibility index (Phi) is 2.80. The van der Waals surface area contributed by atoms with Crippen molar-refractivity contribution in [2.45, 2.75) is 6.42 Å². The molecule has 0 atom stereocenters. The molecule has 2 heterocycles. The van der Waals surface area contributed by atoms with Crippen molar-refractivity contribution in [2.24, 2.45) is 0 Å². The van der Waals surface area contributed by atoms with E-state index in [0.717, 1.165) is 22.2 Å². The van der Waals surface area contributed by atoms with Gasteiger partial charge in [-0.1, -0.05) is 34.1 Å². The molecule has 3 nitrogen and oxygen atoms in total. The molecule has 3 aromatic rings. The highest BCUT2D eigenvalue weighted by molar-refractivity contribution is 9.10. The van der Waals surface area contributed by atoms with Crippen LogP contribution < -0.4 is 5.56 Å². The van der Waals surface area contributed by atoms with Gasteiger partial charge in [0.15, 0.2) is 0 Å². The average molecular weight is 303 g/mol. The largest absolute Gasteiger partial charge is 0.343 e. The van der Waals surface area contributed by atoms with Gasteiger partial charge in [-0.05, 0) is 23.8 Å². The number of pyridine rings is 1. The molecule has 3 rings (SSSR count). The second-order valence-corrected chi connectivity index (χ2v) is 5.12. The van der Waals surface area contributed by atoms with Crippen LogP contribution in [0.2, 0.25) is 0 Å². The number of nitrogens with zero attached hydrogens (tertiary/aromatic N) is 1. The van der Waals surface area contributed by atoms with Crippen molar-refractivity contribution in [3.63, 3.8) is 0 Å². The van der Waals surface area contributed by atoms with E-state index in [2.05, 4.69) is 33.0 Å². The number of fused-ring (bicyclic) bond motifs is 1. The van der Waals surface area contributed by atoms with Gasteiger partial charge in [-0.3, -0.25) is 9.20 Å². The van der Waals surface area contributed by atoms with E-state index in [9.17, 15) is 4.79 Å². The molecule has 1 N–H and O–H groups in total. The lowest BCUT2D eigenvalue weighted by molar-refractivity contribution is 1.09. The van der Waals surface area contributed by atoms with Crippen molar-refractivity contribution < 1.29 is 0 Å². The first kappa shape index (κ1) is 11.3. The van der Waals surface area contributed by atoms with Crippen molar-refractivity contribution in [1.82, 2.24) is 9.38 Å². The summed E-state index contributed by atoms with van der Waals surface area (Å²) in [4.78, 5) is 14.9. The Morgan fingerprint density at radius 1 is 1.11 bits per heavy atom. The summed E-state index contributed by atoms with van der Waals surface area (Å²) in [6.07, 6.45) is 2.65. The van der Waals surface area contributed by atoms with Crippen LogP contribution in [0.3, 0.4) is 0 Å². The number of hydrogen-bond acceptors (Lipinski definition) is 1. The monoisotopic (exact) mass is 302 g/mol. The predicted molar refractivity (Wildman–Crippen MR) is 75.0 cm³/mol. The molecule has 0 saturated carbocycles. The normalized spacial score (nSPS) is 10.9. The van der Waals surface area contributed by atoms with Gasteiger partial charge in [0, 0.05) is 28.9 Å². The summed E-state index contributed by atoms with van der Waals surface area (Å²) in [5.74, 6) is 0. The van der Waals surface area contributed by atoms with Crippen LogP contribution in [0.15, 0.2) is 57.9 Å². The molecule has 0 saturated heterocycles. The molecule has 0 spiro atoms. The number of hydrogen-bond donors (Lipinski definition) is 1. The maximum atomic E-state index is 11.6. The molecular weight excluding hydrogens is 292 g/mol. The summed E-state index contributed by atoms with van der Waals surface area (Å²) >= 11 is 3.42. The summed E-state index contributed by atoms with van der Waals surface area (Å²) in [5, 5.41) is 0. The lowest BCUT2D eigenvalue weighted by atomic mass is 10.1. The van der Waals surface area contributed by atoms with Gasteiger partial charge in [-0.15, -0.1) is 0 Å². The summed E-state index contributed by atoms with van der Waals surface area (Å²) in [5.41, 5.74) is 3.05. The second-order valence-electron chi connectivity index (χ2n) is 4.20. The van der Waals surface area contributed by atoms with E-state index in [0.29, 0.717) is 0 Å². The fraction of sp³-hybridized carbons (Fsp3) is 0.0714. The lowest BCUT2D eigenvalue weighted by Crippen LogP contribution is -2.08. The first-order chi connectivity index (χ1) is 8.72. The average Bonchev–Trinajstić information content (AvgIpc) is 2.76. The van der Waals surface area contributed by atoms with E-state index in [1.807, 2.05) is 24.4 Å². The van der Waals surface area contributed by atoms with Gasteiger partial charge < -0.3 is 4.98 Å². The quantitative estimate of drug-likeness (QED) is 0.776. The van der Waals surface area contributed by atoms with Crippen molar-refractivity contribution in [1.29, 1.82) is 0 Å². The Balaban J connectivity index is 1.98. The van der Waals surface area contributed by atoms with Crippen LogP contribution in [-0.4, -0.2) is 9.38 Å². The maximum absolute atomic E-state index is 11.6. The molecule has 0 aliphatic heterocycles. The van der Waals surface area contributed by atoms with Gasteiger partial charge >= 0.3 is 0 Å². The number of aromatic amines is 1. The number of imidazole rings is 1. The van der Waals surface area contributed by atoms with Crippen LogP contribution in [0.4, 0.5) is 0 Å². The van der Waals surface area contributed by atoms with Gasteiger partial charge in [0.1, 0.15) is 5.65 Å². The highest BCUT2D eigenvalue weighted by Gasteiger charge is 2.02. The maximum Gasteiger partial charge on any atom is 0.256 e. The zero-order valence-electron chi connectivity index (χ0n) is 9.56. The number of benzene rings is 1. The van der Waals surface area contributed by atoms with Crippen LogP contribution in [0.5, 0.6) is 0 Å². The molecule has 0 aliphatic rings. The molecule has 0 aliphatic carbocycles. The number of H-pyrrole nitrogens is 1. The Hall–Kier alpha value is -1.81. The van der Waals surface area contributed by atoms with Crippen molar-refractivity contribution in [2.75, 3.05) is 0 Å². The zero-order valence-corrected chi connectivity index (χ0v) is 11.1. The molecule has 18 heavy (non-hydrogen) atoms. The summed E-state index contributed by atoms with van der Waals surface area (Å²) in [7, 11) is 0. The summed E-state index contributed by atoms with van der Waals surface area (Å²) < 4.78 is 2.70. The number of rotatable bonds is 2. The fourth-order valence-electron chi connectivity index (χ4n) is 2.00. The Morgan fingerprint density at radius 2 is 1.89 bits per heavy atom. The van der Waals surface area contributed by atoms with Gasteiger partial charge in [-0.25, -0.2) is 0 Å². The highest BCUT2D eigenvalue weighted by Crippen LogP contribution is 2.13. The first-order valence-corrected chi connectivity index (χ1v) is 6.45. The van der Waals surface area contributed by atoms with E-state index in [4.69, 9.17) is 0 Å². The van der Waals surface area contributed by atoms with E-state index in [1.54, 1.807) is 16.5 Å². The summed E-state index contributed by atoms with van der Waals surface area (Å²) in [6, 6.07) is 13.4. The van der Waals surface area contributed by atoms with E-state index < -0.39 is 0 Å². The van der Waals surface area contributed by atoms with Crippen molar-refractivity contribution in [3.8, 4) is 0 Å². The third kappa shape index (κ3) is 2.11. The molecule has 90 valence electrons. The lowest BCUT2D eigenvalue weighted by Gasteiger charge is -1.98. The smallest absolute Gasteiger partial charge is 0.256 e. The Bertz CT molecular complexity index is 740. The van der Waals surface area contributed by atoms with Crippen LogP contribution in [0.25, 0.3) is 5.65 Å². The number of nitrogens with one attached hydrogen (secondary N) is 1. The molecule has 0 amide bonds. The molecule has 0 bridgehead atoms. The van der Waals surface area contributed by atoms with Gasteiger partial charge in [-0.2, -0.15) is 0 Å². The molecule has 2 aromatic heterocycles. The van der Waals surface area contributed by atoms with Crippen molar-refractivity contribution in [3.05, 3.63) is 74.7 Å². The molecule has 0 radical (unpaired) electrons. The third-order valence-electron chi connectivity index (χ3n) is 2.87. The van der Waals surface area contributed by atoms with E-state index >= 15 is 0 Å². The Morgan fingerprint density at radius 3 is 2.61 bits per heavy atom. The third-order valence-corrected chi connectivity index (χ3v) is 3.40. The van der Waals surface area contributed by atoms with Crippen LogP contribution >= 0.6 is 15.9 Å². The zero-order chi connectivity index (χ0) is 12.5. The standard InChI is InChI=1S/C14H11BrN2O/c15-11-6-4-10(5-7-11)8-12-9-17-13(16-12)2-1-3-14(17)18/h1-7,9,16H,8H2. The van der Waals surface area contributed by atoms with Crippen LogP contribution in [0, 0.1) is 0 Å². The second kappa shape index (κ2) is 4.46. The number of halogens is 1. The SMILES string of the molecule is O=c1cccc2[nH]c(Cc3ccc(Br)cc3)cn12. The van der Waals surface area contributed by atoms with Crippen LogP contribution in [0.1, 0.15) is 11.3 Å². The molecule has 0 fully saturated rings. The first-order valence-electron chi connectivity index (χ1n) is 5.66. The van der Waals surface area contributed by atoms with E-state index in [-0.39, 0.29) is 5.56 Å². The molecule has 4 heteroatoms.